The highest BCUT2D eigenvalue weighted by Crippen LogP contribution is 2.32. The zero-order valence-corrected chi connectivity index (χ0v) is 13.0. The van der Waals surface area contributed by atoms with Crippen molar-refractivity contribution in [3.05, 3.63) is 59.9 Å². The van der Waals surface area contributed by atoms with E-state index in [2.05, 4.69) is 15.1 Å². The Kier molecular flexibility index (Phi) is 3.68. The normalized spacial score (nSPS) is 17.5. The number of hydrogen-bond acceptors (Lipinski definition) is 4. The third kappa shape index (κ3) is 2.62. The number of fused-ring (bicyclic) bond motifs is 1. The van der Waals surface area contributed by atoms with Crippen LogP contribution in [0.5, 0.6) is 0 Å². The summed E-state index contributed by atoms with van der Waals surface area (Å²) in [5.41, 5.74) is 1.73. The maximum absolute atomic E-state index is 13.0. The number of likely N-dealkylation sites (tertiary alicyclic amines) is 1. The molecule has 3 aromatic rings. The molecule has 0 N–H and O–H groups in total. The molecule has 1 saturated heterocycles. The second-order valence-corrected chi connectivity index (χ2v) is 5.89. The summed E-state index contributed by atoms with van der Waals surface area (Å²) in [7, 11) is 0. The molecule has 1 fully saturated rings. The molecule has 7 heteroatoms. The van der Waals surface area contributed by atoms with Gasteiger partial charge in [-0.3, -0.25) is 4.79 Å². The number of amides is 1. The van der Waals surface area contributed by atoms with Gasteiger partial charge in [-0.05, 0) is 36.6 Å². The Hall–Kier alpha value is -2.83. The fourth-order valence-electron chi connectivity index (χ4n) is 3.26. The molecule has 1 atom stereocenters. The molecule has 6 nitrogen and oxygen atoms in total. The predicted molar refractivity (Wildman–Crippen MR) is 84.6 cm³/mol. The van der Waals surface area contributed by atoms with Crippen molar-refractivity contribution in [2.24, 2.45) is 0 Å². The maximum Gasteiger partial charge on any atom is 0.252 e. The molecule has 1 aliphatic heterocycles. The molecule has 0 radical (unpaired) electrons. The monoisotopic (exact) mass is 325 g/mol. The van der Waals surface area contributed by atoms with Crippen LogP contribution in [0.4, 0.5) is 4.39 Å². The second kappa shape index (κ2) is 5.99. The van der Waals surface area contributed by atoms with Crippen molar-refractivity contribution in [1.82, 2.24) is 24.5 Å². The van der Waals surface area contributed by atoms with E-state index in [0.29, 0.717) is 12.3 Å². The maximum atomic E-state index is 13.0. The van der Waals surface area contributed by atoms with Gasteiger partial charge >= 0.3 is 0 Å². The Morgan fingerprint density at radius 1 is 1.21 bits per heavy atom. The third-order valence-electron chi connectivity index (χ3n) is 4.39. The summed E-state index contributed by atoms with van der Waals surface area (Å²) in [5, 5.41) is 4.21. The van der Waals surface area contributed by atoms with Crippen LogP contribution in [0.1, 0.15) is 30.1 Å². The summed E-state index contributed by atoms with van der Waals surface area (Å²) in [4.78, 5) is 22.9. The lowest BCUT2D eigenvalue weighted by atomic mass is 10.1. The van der Waals surface area contributed by atoms with E-state index in [1.54, 1.807) is 22.8 Å². The number of halogens is 1. The van der Waals surface area contributed by atoms with Crippen LogP contribution >= 0.6 is 0 Å². The first-order valence-electron chi connectivity index (χ1n) is 7.91. The van der Waals surface area contributed by atoms with Crippen molar-refractivity contribution in [1.29, 1.82) is 0 Å². The molecule has 1 aromatic carbocycles. The molecule has 0 unspecified atom stereocenters. The molecule has 1 amide bonds. The van der Waals surface area contributed by atoms with Crippen LogP contribution in [-0.2, 0) is 11.2 Å². The lowest BCUT2D eigenvalue weighted by molar-refractivity contribution is -0.131. The van der Waals surface area contributed by atoms with Gasteiger partial charge in [-0.2, -0.15) is 14.6 Å². The molecule has 2 aromatic heterocycles. The van der Waals surface area contributed by atoms with Crippen LogP contribution in [0.25, 0.3) is 5.78 Å². The molecule has 0 saturated carbocycles. The van der Waals surface area contributed by atoms with Gasteiger partial charge in [0.2, 0.25) is 5.91 Å². The number of nitrogens with zero attached hydrogens (tertiary/aromatic N) is 5. The van der Waals surface area contributed by atoms with E-state index >= 15 is 0 Å². The van der Waals surface area contributed by atoms with Crippen LogP contribution in [0, 0.1) is 5.82 Å². The second-order valence-electron chi connectivity index (χ2n) is 5.89. The van der Waals surface area contributed by atoms with Crippen molar-refractivity contribution in [2.75, 3.05) is 6.54 Å². The van der Waals surface area contributed by atoms with Gasteiger partial charge in [0.15, 0.2) is 0 Å². The lowest BCUT2D eigenvalue weighted by Crippen LogP contribution is -2.32. The summed E-state index contributed by atoms with van der Waals surface area (Å²) in [5.74, 6) is 0.273. The third-order valence-corrected chi connectivity index (χ3v) is 4.39. The topological polar surface area (TPSA) is 63.4 Å². The number of carbonyl (C=O) groups excluding carboxylic acids is 1. The minimum atomic E-state index is -0.296. The lowest BCUT2D eigenvalue weighted by Gasteiger charge is -2.25. The Morgan fingerprint density at radius 2 is 2.04 bits per heavy atom. The quantitative estimate of drug-likeness (QED) is 0.740. The van der Waals surface area contributed by atoms with Crippen LogP contribution in [0.15, 0.2) is 42.9 Å². The van der Waals surface area contributed by atoms with Crippen LogP contribution in [0.2, 0.25) is 0 Å². The Labute approximate surface area is 138 Å². The molecule has 0 bridgehead atoms. The molecular formula is C17H16FN5O. The number of benzene rings is 1. The molecule has 122 valence electrons. The highest BCUT2D eigenvalue weighted by Gasteiger charge is 2.31. The van der Waals surface area contributed by atoms with Gasteiger partial charge in [0, 0.05) is 12.7 Å². The van der Waals surface area contributed by atoms with Crippen molar-refractivity contribution in [3.8, 4) is 0 Å². The van der Waals surface area contributed by atoms with E-state index in [1.165, 1.54) is 18.5 Å². The first-order chi connectivity index (χ1) is 11.7. The van der Waals surface area contributed by atoms with Gasteiger partial charge in [-0.15, -0.1) is 0 Å². The first-order valence-corrected chi connectivity index (χ1v) is 7.91. The van der Waals surface area contributed by atoms with E-state index in [-0.39, 0.29) is 24.2 Å². The Morgan fingerprint density at radius 3 is 2.88 bits per heavy atom. The zero-order valence-electron chi connectivity index (χ0n) is 13.0. The molecule has 24 heavy (non-hydrogen) atoms. The van der Waals surface area contributed by atoms with Crippen molar-refractivity contribution in [3.63, 3.8) is 0 Å². The molecule has 0 aliphatic carbocycles. The molecule has 0 spiro atoms. The predicted octanol–water partition coefficient (Wildman–Crippen LogP) is 2.17. The number of rotatable bonds is 3. The fourth-order valence-corrected chi connectivity index (χ4v) is 3.26. The van der Waals surface area contributed by atoms with Crippen molar-refractivity contribution < 1.29 is 9.18 Å². The van der Waals surface area contributed by atoms with Crippen molar-refractivity contribution >= 4 is 11.7 Å². The van der Waals surface area contributed by atoms with Crippen LogP contribution < -0.4 is 0 Å². The van der Waals surface area contributed by atoms with E-state index in [4.69, 9.17) is 0 Å². The number of carbonyl (C=O) groups is 1. The average molecular weight is 325 g/mol. The average Bonchev–Trinajstić information content (AvgIpc) is 3.25. The van der Waals surface area contributed by atoms with Gasteiger partial charge in [-0.25, -0.2) is 9.37 Å². The summed E-state index contributed by atoms with van der Waals surface area (Å²) < 4.78 is 14.7. The first kappa shape index (κ1) is 14.7. The highest BCUT2D eigenvalue weighted by molar-refractivity contribution is 5.79. The number of aromatic nitrogens is 4. The number of hydrogen-bond donors (Lipinski definition) is 0. The van der Waals surface area contributed by atoms with E-state index < -0.39 is 0 Å². The van der Waals surface area contributed by atoms with Crippen LogP contribution in [-0.4, -0.2) is 36.9 Å². The van der Waals surface area contributed by atoms with Crippen LogP contribution in [0.3, 0.4) is 0 Å². The largest absolute Gasteiger partial charge is 0.334 e. The Balaban J connectivity index is 1.59. The standard InChI is InChI=1S/C17H16FN5O/c18-13-5-3-12(4-6-13)10-16(24)22-9-1-2-14(22)15-7-8-19-17-20-11-21-23(15)17/h3-8,11,14H,1-2,9-10H2/t14-/m0/s1. The van der Waals surface area contributed by atoms with E-state index in [1.807, 2.05) is 11.0 Å². The highest BCUT2D eigenvalue weighted by atomic mass is 19.1. The van der Waals surface area contributed by atoms with Gasteiger partial charge in [-0.1, -0.05) is 12.1 Å². The smallest absolute Gasteiger partial charge is 0.252 e. The summed E-state index contributed by atoms with van der Waals surface area (Å²) >= 11 is 0. The van der Waals surface area contributed by atoms with E-state index in [9.17, 15) is 9.18 Å². The van der Waals surface area contributed by atoms with Crippen molar-refractivity contribution in [2.45, 2.75) is 25.3 Å². The van der Waals surface area contributed by atoms with Gasteiger partial charge in [0.1, 0.15) is 12.1 Å². The van der Waals surface area contributed by atoms with E-state index in [0.717, 1.165) is 24.1 Å². The van der Waals surface area contributed by atoms with Gasteiger partial charge in [0.25, 0.3) is 5.78 Å². The minimum Gasteiger partial charge on any atom is -0.334 e. The van der Waals surface area contributed by atoms with Gasteiger partial charge in [0.05, 0.1) is 18.2 Å². The Bertz CT molecular complexity index is 876. The molecule has 3 heterocycles. The molecule has 4 rings (SSSR count). The minimum absolute atomic E-state index is 0.0363. The van der Waals surface area contributed by atoms with Gasteiger partial charge < -0.3 is 4.90 Å². The summed E-state index contributed by atoms with van der Waals surface area (Å²) in [6.07, 6.45) is 5.25. The molecular weight excluding hydrogens is 309 g/mol. The summed E-state index contributed by atoms with van der Waals surface area (Å²) in [6, 6.07) is 7.92. The fraction of sp³-hybridized carbons (Fsp3) is 0.294. The SMILES string of the molecule is O=C(Cc1ccc(F)cc1)N1CCC[C@H]1c1ccnc2ncnn12. The summed E-state index contributed by atoms with van der Waals surface area (Å²) in [6.45, 7) is 0.712. The zero-order chi connectivity index (χ0) is 16.5. The molecule has 1 aliphatic rings.